The zero-order chi connectivity index (χ0) is 6.78. The normalized spacial score (nSPS) is 11.5. The molecule has 0 saturated heterocycles. The summed E-state index contributed by atoms with van der Waals surface area (Å²) in [6.45, 7) is 6.36. The summed E-state index contributed by atoms with van der Waals surface area (Å²) in [6, 6.07) is 0.592. The minimum Gasteiger partial charge on any atom is -0.282 e. The summed E-state index contributed by atoms with van der Waals surface area (Å²) in [5, 5.41) is -0.191. The second-order valence-corrected chi connectivity index (χ2v) is 8.99. The Morgan fingerprint density at radius 2 is 1.88 bits per heavy atom. The maximum Gasteiger partial charge on any atom is 0.218 e. The van der Waals surface area contributed by atoms with E-state index in [1.54, 1.807) is 0 Å². The predicted molar refractivity (Wildman–Crippen MR) is 39.0 cm³/mol. The summed E-state index contributed by atoms with van der Waals surface area (Å²) in [7, 11) is -1.20. The Bertz CT molecular complexity index is 95.1. The molecule has 0 aliphatic carbocycles. The van der Waals surface area contributed by atoms with E-state index in [9.17, 15) is 4.79 Å². The maximum atomic E-state index is 10.3. The fourth-order valence-electron chi connectivity index (χ4n) is 0.417. The van der Waals surface area contributed by atoms with E-state index in [1.165, 1.54) is 0 Å². The van der Waals surface area contributed by atoms with Crippen LogP contribution in [0.15, 0.2) is 0 Å². The Hall–Kier alpha value is 0.177. The molecule has 0 fully saturated rings. The Morgan fingerprint density at radius 3 is 1.88 bits per heavy atom. The van der Waals surface area contributed by atoms with Crippen molar-refractivity contribution in [2.75, 3.05) is 0 Å². The van der Waals surface area contributed by atoms with Gasteiger partial charge in [-0.05, 0) is 11.6 Å². The molecule has 0 bridgehead atoms. The molecule has 0 aliphatic heterocycles. The molecule has 48 valence electrons. The van der Waals surface area contributed by atoms with Crippen molar-refractivity contribution in [2.45, 2.75) is 25.7 Å². The Labute approximate surface area is 56.0 Å². The molecule has 0 rings (SSSR count). The van der Waals surface area contributed by atoms with Crippen molar-refractivity contribution < 1.29 is 4.79 Å². The number of halogens is 1. The van der Waals surface area contributed by atoms with Gasteiger partial charge in [-0.2, -0.15) is 0 Å². The van der Waals surface area contributed by atoms with Gasteiger partial charge < -0.3 is 0 Å². The van der Waals surface area contributed by atoms with Crippen LogP contribution < -0.4 is 0 Å². The van der Waals surface area contributed by atoms with E-state index in [1.807, 2.05) is 0 Å². The Kier molecular flexibility index (Phi) is 2.70. The molecule has 3 heteroatoms. The SMILES string of the molecule is C[Si](C)(C)CC(=O)Cl. The van der Waals surface area contributed by atoms with Gasteiger partial charge in [0.2, 0.25) is 5.24 Å². The largest absolute Gasteiger partial charge is 0.282 e. The van der Waals surface area contributed by atoms with Gasteiger partial charge >= 0.3 is 0 Å². The van der Waals surface area contributed by atoms with E-state index in [0.29, 0.717) is 6.04 Å². The van der Waals surface area contributed by atoms with Crippen LogP contribution in [0.5, 0.6) is 0 Å². The average molecular weight is 151 g/mol. The van der Waals surface area contributed by atoms with Gasteiger partial charge in [0.25, 0.3) is 0 Å². The third-order valence-corrected chi connectivity index (χ3v) is 2.41. The van der Waals surface area contributed by atoms with E-state index in [0.717, 1.165) is 0 Å². The molecule has 0 aromatic heterocycles. The Morgan fingerprint density at radius 1 is 1.50 bits per heavy atom. The van der Waals surface area contributed by atoms with E-state index < -0.39 is 8.07 Å². The second kappa shape index (κ2) is 2.64. The van der Waals surface area contributed by atoms with Crippen molar-refractivity contribution in [1.29, 1.82) is 0 Å². The monoisotopic (exact) mass is 150 g/mol. The van der Waals surface area contributed by atoms with E-state index >= 15 is 0 Å². The van der Waals surface area contributed by atoms with E-state index in [2.05, 4.69) is 19.6 Å². The molecule has 0 N–H and O–H groups in total. The van der Waals surface area contributed by atoms with Crippen molar-refractivity contribution in [3.05, 3.63) is 0 Å². The topological polar surface area (TPSA) is 17.1 Å². The molecule has 0 radical (unpaired) electrons. The molecule has 0 amide bonds. The molecule has 0 unspecified atom stereocenters. The first-order chi connectivity index (χ1) is 3.42. The third kappa shape index (κ3) is 6.18. The smallest absolute Gasteiger partial charge is 0.218 e. The van der Waals surface area contributed by atoms with Crippen LogP contribution in [0.1, 0.15) is 0 Å². The predicted octanol–water partition coefficient (Wildman–Crippen LogP) is 2.09. The minimum absolute atomic E-state index is 0.191. The highest BCUT2D eigenvalue weighted by molar-refractivity contribution is 6.84. The minimum atomic E-state index is -1.20. The first-order valence-corrected chi connectivity index (χ1v) is 6.69. The van der Waals surface area contributed by atoms with Gasteiger partial charge in [-0.25, -0.2) is 0 Å². The van der Waals surface area contributed by atoms with Crippen LogP contribution in [0, 0.1) is 0 Å². The van der Waals surface area contributed by atoms with E-state index in [-0.39, 0.29) is 5.24 Å². The first-order valence-electron chi connectivity index (χ1n) is 2.60. The number of carbonyl (C=O) groups excluding carboxylic acids is 1. The lowest BCUT2D eigenvalue weighted by atomic mass is 10.9. The van der Waals surface area contributed by atoms with Crippen LogP contribution in [-0.4, -0.2) is 13.3 Å². The second-order valence-electron chi connectivity index (χ2n) is 3.09. The molecule has 0 saturated carbocycles. The van der Waals surface area contributed by atoms with Gasteiger partial charge in [0.05, 0.1) is 8.07 Å². The van der Waals surface area contributed by atoms with E-state index in [4.69, 9.17) is 11.6 Å². The van der Waals surface area contributed by atoms with Gasteiger partial charge in [-0.15, -0.1) is 0 Å². The lowest BCUT2D eigenvalue weighted by Crippen LogP contribution is -2.21. The summed E-state index contributed by atoms with van der Waals surface area (Å²) in [5.74, 6) is 0. The zero-order valence-corrected chi connectivity index (χ0v) is 7.25. The Balaban J connectivity index is 3.55. The highest BCUT2D eigenvalue weighted by atomic mass is 35.5. The van der Waals surface area contributed by atoms with Gasteiger partial charge in [-0.3, -0.25) is 4.79 Å². The molecule has 0 atom stereocenters. The standard InChI is InChI=1S/C5H11ClOSi/c1-8(2,3)4-5(6)7/h4H2,1-3H3. The molecular weight excluding hydrogens is 140 g/mol. The van der Waals surface area contributed by atoms with Crippen LogP contribution in [0.2, 0.25) is 25.7 Å². The summed E-state index contributed by atoms with van der Waals surface area (Å²) < 4.78 is 0. The number of hydrogen-bond acceptors (Lipinski definition) is 1. The quantitative estimate of drug-likeness (QED) is 0.435. The van der Waals surface area contributed by atoms with Crippen molar-refractivity contribution >= 4 is 24.9 Å². The molecule has 8 heavy (non-hydrogen) atoms. The van der Waals surface area contributed by atoms with Crippen LogP contribution >= 0.6 is 11.6 Å². The highest BCUT2D eigenvalue weighted by Gasteiger charge is 2.15. The lowest BCUT2D eigenvalue weighted by molar-refractivity contribution is -0.109. The highest BCUT2D eigenvalue weighted by Crippen LogP contribution is 2.09. The molecule has 0 spiro atoms. The fraction of sp³-hybridized carbons (Fsp3) is 0.800. The van der Waals surface area contributed by atoms with Crippen molar-refractivity contribution in [3.8, 4) is 0 Å². The molecular formula is C5H11ClOSi. The average Bonchev–Trinajstić information content (AvgIpc) is 1.21. The van der Waals surface area contributed by atoms with Gasteiger partial charge in [0.1, 0.15) is 0 Å². The summed E-state index contributed by atoms with van der Waals surface area (Å²) in [5.41, 5.74) is 0. The number of rotatable bonds is 2. The molecule has 0 heterocycles. The summed E-state index contributed by atoms with van der Waals surface area (Å²) >= 11 is 5.16. The molecule has 0 aromatic carbocycles. The number of hydrogen-bond donors (Lipinski definition) is 0. The van der Waals surface area contributed by atoms with Crippen LogP contribution in [0.4, 0.5) is 0 Å². The third-order valence-electron chi connectivity index (χ3n) is 0.669. The lowest BCUT2D eigenvalue weighted by Gasteiger charge is -2.10. The number of carbonyl (C=O) groups is 1. The summed E-state index contributed by atoms with van der Waals surface area (Å²) in [4.78, 5) is 10.3. The molecule has 0 aliphatic rings. The molecule has 0 aromatic rings. The van der Waals surface area contributed by atoms with Crippen molar-refractivity contribution in [1.82, 2.24) is 0 Å². The van der Waals surface area contributed by atoms with Crippen molar-refractivity contribution in [2.24, 2.45) is 0 Å². The van der Waals surface area contributed by atoms with Gasteiger partial charge in [0, 0.05) is 6.04 Å². The maximum absolute atomic E-state index is 10.3. The fourth-order valence-corrected chi connectivity index (χ4v) is 2.45. The van der Waals surface area contributed by atoms with Crippen LogP contribution in [0.3, 0.4) is 0 Å². The van der Waals surface area contributed by atoms with Gasteiger partial charge in [0.15, 0.2) is 0 Å². The summed E-state index contributed by atoms with van der Waals surface area (Å²) in [6.07, 6.45) is 0. The van der Waals surface area contributed by atoms with Crippen molar-refractivity contribution in [3.63, 3.8) is 0 Å². The zero-order valence-electron chi connectivity index (χ0n) is 5.49. The van der Waals surface area contributed by atoms with Crippen LogP contribution in [-0.2, 0) is 4.79 Å². The van der Waals surface area contributed by atoms with Gasteiger partial charge in [-0.1, -0.05) is 19.6 Å². The first kappa shape index (κ1) is 8.18. The van der Waals surface area contributed by atoms with Crippen LogP contribution in [0.25, 0.3) is 0 Å². The molecule has 1 nitrogen and oxygen atoms in total.